The van der Waals surface area contributed by atoms with Gasteiger partial charge in [0.05, 0.1) is 5.70 Å². The zero-order valence-corrected chi connectivity index (χ0v) is 16.0. The molecule has 4 heteroatoms. The van der Waals surface area contributed by atoms with Crippen molar-refractivity contribution in [3.05, 3.63) is 87.9 Å². The Balaban J connectivity index is 1.65. The van der Waals surface area contributed by atoms with Gasteiger partial charge in [0.15, 0.2) is 11.6 Å². The number of allylic oxidation sites excluding steroid dienone is 3. The molecule has 0 radical (unpaired) electrons. The number of rotatable bonds is 2. The van der Waals surface area contributed by atoms with E-state index in [1.807, 2.05) is 24.3 Å². The molecule has 1 heterocycles. The summed E-state index contributed by atoms with van der Waals surface area (Å²) < 4.78 is 13.6. The van der Waals surface area contributed by atoms with E-state index in [0.717, 1.165) is 53.8 Å². The van der Waals surface area contributed by atoms with Crippen molar-refractivity contribution in [1.29, 1.82) is 0 Å². The first-order chi connectivity index (χ1) is 14.1. The fraction of sp³-hybridized carbons (Fsp3) is 0.280. The summed E-state index contributed by atoms with van der Waals surface area (Å²) in [6.45, 7) is 0. The molecule has 0 aromatic heterocycles. The lowest BCUT2D eigenvalue weighted by molar-refractivity contribution is -0.116. The van der Waals surface area contributed by atoms with Gasteiger partial charge >= 0.3 is 0 Å². The average Bonchev–Trinajstić information content (AvgIpc) is 3.53. The van der Waals surface area contributed by atoms with Gasteiger partial charge in [-0.25, -0.2) is 4.39 Å². The highest BCUT2D eigenvalue weighted by Gasteiger charge is 2.49. The van der Waals surface area contributed by atoms with Gasteiger partial charge in [-0.1, -0.05) is 36.4 Å². The van der Waals surface area contributed by atoms with Crippen LogP contribution in [0.5, 0.6) is 0 Å². The summed E-state index contributed by atoms with van der Waals surface area (Å²) in [6, 6.07) is 14.4. The van der Waals surface area contributed by atoms with Crippen LogP contribution in [0.3, 0.4) is 0 Å². The van der Waals surface area contributed by atoms with Gasteiger partial charge in [-0.2, -0.15) is 0 Å². The highest BCUT2D eigenvalue weighted by atomic mass is 19.1. The molecule has 3 nitrogen and oxygen atoms in total. The molecular weight excluding hydrogens is 365 g/mol. The largest absolute Gasteiger partial charge is 0.341 e. The number of benzene rings is 2. The Kier molecular flexibility index (Phi) is 3.49. The van der Waals surface area contributed by atoms with Gasteiger partial charge < -0.3 is 4.90 Å². The van der Waals surface area contributed by atoms with Crippen LogP contribution in [0.25, 0.3) is 5.70 Å². The standard InChI is InChI=1S/C25H20FNO2/c26-15-10-8-14(9-11-15)21-22-19(6-3-7-20(22)28)27(16-12-13-16)24-17-4-1-2-5-18(17)25(29)23(21)24/h1-2,4-5,8-11,16,21H,3,6-7,12-13H2. The molecule has 1 atom stereocenters. The summed E-state index contributed by atoms with van der Waals surface area (Å²) >= 11 is 0. The SMILES string of the molecule is O=C1CCCC2=C1C(c1ccc(F)cc1)C1=C(c3ccccc3C1=O)N2C1CC1. The zero-order chi connectivity index (χ0) is 19.7. The molecule has 4 aliphatic rings. The Hall–Kier alpha value is -3.01. The molecule has 1 saturated carbocycles. The highest BCUT2D eigenvalue weighted by molar-refractivity contribution is 6.23. The second-order valence-electron chi connectivity index (χ2n) is 8.36. The molecule has 0 N–H and O–H groups in total. The number of halogens is 1. The third kappa shape index (κ3) is 2.35. The van der Waals surface area contributed by atoms with Crippen LogP contribution in [0.15, 0.2) is 65.4 Å². The Bertz CT molecular complexity index is 1140. The smallest absolute Gasteiger partial charge is 0.192 e. The number of ketones is 2. The fourth-order valence-corrected chi connectivity index (χ4v) is 5.24. The summed E-state index contributed by atoms with van der Waals surface area (Å²) in [5.74, 6) is -0.603. The van der Waals surface area contributed by atoms with Crippen molar-refractivity contribution < 1.29 is 14.0 Å². The van der Waals surface area contributed by atoms with E-state index in [-0.39, 0.29) is 17.4 Å². The van der Waals surface area contributed by atoms with Crippen LogP contribution >= 0.6 is 0 Å². The molecule has 2 aromatic carbocycles. The number of carbonyl (C=O) groups is 2. The van der Waals surface area contributed by atoms with Crippen molar-refractivity contribution in [3.8, 4) is 0 Å². The van der Waals surface area contributed by atoms with Gasteiger partial charge in [0, 0.05) is 46.4 Å². The maximum absolute atomic E-state index is 13.6. The molecule has 1 unspecified atom stereocenters. The minimum atomic E-state index is -0.414. The van der Waals surface area contributed by atoms with Crippen molar-refractivity contribution >= 4 is 17.3 Å². The normalized spacial score (nSPS) is 23.3. The molecule has 29 heavy (non-hydrogen) atoms. The molecular formula is C25H20FNO2. The van der Waals surface area contributed by atoms with E-state index < -0.39 is 5.92 Å². The van der Waals surface area contributed by atoms with E-state index in [9.17, 15) is 14.0 Å². The molecule has 1 aliphatic heterocycles. The Labute approximate surface area is 168 Å². The van der Waals surface area contributed by atoms with Crippen LogP contribution in [-0.4, -0.2) is 22.5 Å². The predicted octanol–water partition coefficient (Wildman–Crippen LogP) is 5.00. The van der Waals surface area contributed by atoms with Crippen LogP contribution in [0.1, 0.15) is 59.5 Å². The molecule has 0 amide bonds. The lowest BCUT2D eigenvalue weighted by atomic mass is 9.74. The minimum absolute atomic E-state index is 0.000462. The monoisotopic (exact) mass is 385 g/mol. The molecule has 2 aromatic rings. The molecule has 0 bridgehead atoms. The van der Waals surface area contributed by atoms with Gasteiger partial charge in [-0.15, -0.1) is 0 Å². The number of fused-ring (bicyclic) bond motifs is 2. The minimum Gasteiger partial charge on any atom is -0.341 e. The number of hydrogen-bond acceptors (Lipinski definition) is 3. The van der Waals surface area contributed by atoms with Crippen LogP contribution in [0.2, 0.25) is 0 Å². The second-order valence-corrected chi connectivity index (χ2v) is 8.36. The summed E-state index contributed by atoms with van der Waals surface area (Å²) in [6.07, 6.45) is 4.37. The van der Waals surface area contributed by atoms with Gasteiger partial charge in [0.25, 0.3) is 0 Å². The van der Waals surface area contributed by atoms with E-state index in [2.05, 4.69) is 4.90 Å². The maximum atomic E-state index is 13.6. The van der Waals surface area contributed by atoms with Gasteiger partial charge in [0.2, 0.25) is 0 Å². The maximum Gasteiger partial charge on any atom is 0.192 e. The van der Waals surface area contributed by atoms with E-state index in [1.165, 1.54) is 12.1 Å². The second kappa shape index (κ2) is 5.99. The van der Waals surface area contributed by atoms with Crippen molar-refractivity contribution in [2.45, 2.75) is 44.1 Å². The van der Waals surface area contributed by atoms with Crippen molar-refractivity contribution in [2.24, 2.45) is 0 Å². The topological polar surface area (TPSA) is 37.4 Å². The van der Waals surface area contributed by atoms with Crippen LogP contribution < -0.4 is 0 Å². The molecule has 6 rings (SSSR count). The molecule has 3 aliphatic carbocycles. The van der Waals surface area contributed by atoms with E-state index >= 15 is 0 Å². The molecule has 0 saturated heterocycles. The zero-order valence-electron chi connectivity index (χ0n) is 16.0. The first kappa shape index (κ1) is 16.9. The van der Waals surface area contributed by atoms with Crippen molar-refractivity contribution in [1.82, 2.24) is 4.90 Å². The van der Waals surface area contributed by atoms with Crippen LogP contribution in [0.4, 0.5) is 4.39 Å². The van der Waals surface area contributed by atoms with E-state index in [0.29, 0.717) is 23.6 Å². The Morgan fingerprint density at radius 3 is 2.31 bits per heavy atom. The summed E-state index contributed by atoms with van der Waals surface area (Å²) in [5.41, 5.74) is 6.02. The number of hydrogen-bond donors (Lipinski definition) is 0. The van der Waals surface area contributed by atoms with Gasteiger partial charge in [0.1, 0.15) is 5.82 Å². The fourth-order valence-electron chi connectivity index (χ4n) is 5.24. The first-order valence-corrected chi connectivity index (χ1v) is 10.3. The summed E-state index contributed by atoms with van der Waals surface area (Å²) in [5, 5.41) is 0. The van der Waals surface area contributed by atoms with Gasteiger partial charge in [-0.05, 0) is 43.4 Å². The average molecular weight is 385 g/mol. The van der Waals surface area contributed by atoms with E-state index in [4.69, 9.17) is 0 Å². The number of carbonyl (C=O) groups excluding carboxylic acids is 2. The third-order valence-corrected chi connectivity index (χ3v) is 6.58. The molecule has 0 spiro atoms. The van der Waals surface area contributed by atoms with Crippen LogP contribution in [0, 0.1) is 5.82 Å². The summed E-state index contributed by atoms with van der Waals surface area (Å²) in [7, 11) is 0. The number of Topliss-reactive ketones (excluding diaryl/α,β-unsaturated/α-hetero) is 2. The molecule has 1 fully saturated rings. The predicted molar refractivity (Wildman–Crippen MR) is 108 cm³/mol. The van der Waals surface area contributed by atoms with Crippen molar-refractivity contribution in [2.75, 3.05) is 0 Å². The number of nitrogens with zero attached hydrogens (tertiary/aromatic N) is 1. The quantitative estimate of drug-likeness (QED) is 0.730. The Morgan fingerprint density at radius 1 is 0.862 bits per heavy atom. The third-order valence-electron chi connectivity index (χ3n) is 6.58. The Morgan fingerprint density at radius 2 is 1.59 bits per heavy atom. The lowest BCUT2D eigenvalue weighted by Gasteiger charge is -2.41. The van der Waals surface area contributed by atoms with Crippen LogP contribution in [-0.2, 0) is 4.79 Å². The summed E-state index contributed by atoms with van der Waals surface area (Å²) in [4.78, 5) is 29.0. The van der Waals surface area contributed by atoms with Crippen molar-refractivity contribution in [3.63, 3.8) is 0 Å². The van der Waals surface area contributed by atoms with Gasteiger partial charge in [-0.3, -0.25) is 9.59 Å². The highest BCUT2D eigenvalue weighted by Crippen LogP contribution is 2.55. The first-order valence-electron chi connectivity index (χ1n) is 10.3. The van der Waals surface area contributed by atoms with E-state index in [1.54, 1.807) is 12.1 Å². The molecule has 144 valence electrons. The lowest BCUT2D eigenvalue weighted by Crippen LogP contribution is -2.36.